The van der Waals surface area contributed by atoms with Gasteiger partial charge in [0.15, 0.2) is 0 Å². The molecule has 102 valence electrons. The van der Waals surface area contributed by atoms with Crippen molar-refractivity contribution in [2.75, 3.05) is 6.54 Å². The van der Waals surface area contributed by atoms with Gasteiger partial charge in [0, 0.05) is 12.6 Å². The standard InChI is InChI=1S/C14H26N4/c1-12(2)18-13(16-11-17-18)9-15-10-14(3)7-5-4-6-8-14/h11-12,15H,4-10H2,1-3H3. The van der Waals surface area contributed by atoms with Crippen LogP contribution in [0.2, 0.25) is 0 Å². The molecular formula is C14H26N4. The molecule has 1 fully saturated rings. The zero-order valence-corrected chi connectivity index (χ0v) is 11.9. The summed E-state index contributed by atoms with van der Waals surface area (Å²) in [6.07, 6.45) is 8.56. The molecule has 1 saturated carbocycles. The van der Waals surface area contributed by atoms with Crippen LogP contribution in [-0.4, -0.2) is 21.3 Å². The summed E-state index contributed by atoms with van der Waals surface area (Å²) in [6, 6.07) is 0.384. The smallest absolute Gasteiger partial charge is 0.141 e. The Balaban J connectivity index is 1.82. The molecule has 2 rings (SSSR count). The van der Waals surface area contributed by atoms with Crippen molar-refractivity contribution in [3.05, 3.63) is 12.2 Å². The molecule has 0 unspecified atom stereocenters. The lowest BCUT2D eigenvalue weighted by molar-refractivity contribution is 0.206. The van der Waals surface area contributed by atoms with Gasteiger partial charge in [-0.1, -0.05) is 26.2 Å². The van der Waals surface area contributed by atoms with E-state index in [-0.39, 0.29) is 0 Å². The van der Waals surface area contributed by atoms with Gasteiger partial charge in [0.2, 0.25) is 0 Å². The monoisotopic (exact) mass is 250 g/mol. The third-order valence-electron chi connectivity index (χ3n) is 4.03. The number of nitrogens with zero attached hydrogens (tertiary/aromatic N) is 3. The molecule has 0 radical (unpaired) electrons. The van der Waals surface area contributed by atoms with Crippen molar-refractivity contribution < 1.29 is 0 Å². The van der Waals surface area contributed by atoms with Crippen molar-refractivity contribution in [1.29, 1.82) is 0 Å². The van der Waals surface area contributed by atoms with Crippen LogP contribution in [0.3, 0.4) is 0 Å². The van der Waals surface area contributed by atoms with Gasteiger partial charge in [-0.15, -0.1) is 0 Å². The maximum absolute atomic E-state index is 4.33. The summed E-state index contributed by atoms with van der Waals surface area (Å²) in [5.74, 6) is 1.05. The number of aromatic nitrogens is 3. The predicted molar refractivity (Wildman–Crippen MR) is 73.3 cm³/mol. The van der Waals surface area contributed by atoms with Crippen LogP contribution < -0.4 is 5.32 Å². The quantitative estimate of drug-likeness (QED) is 0.873. The first-order chi connectivity index (χ1) is 8.61. The molecule has 0 bridgehead atoms. The Morgan fingerprint density at radius 3 is 2.72 bits per heavy atom. The van der Waals surface area contributed by atoms with Gasteiger partial charge in [-0.3, -0.25) is 0 Å². The van der Waals surface area contributed by atoms with Crippen molar-refractivity contribution in [3.8, 4) is 0 Å². The number of rotatable bonds is 5. The van der Waals surface area contributed by atoms with Gasteiger partial charge in [-0.05, 0) is 32.1 Å². The molecule has 0 spiro atoms. The van der Waals surface area contributed by atoms with Crippen LogP contribution in [0.1, 0.15) is 64.7 Å². The highest BCUT2D eigenvalue weighted by Crippen LogP contribution is 2.34. The van der Waals surface area contributed by atoms with E-state index in [0.29, 0.717) is 11.5 Å². The van der Waals surface area contributed by atoms with E-state index in [9.17, 15) is 0 Å². The Hall–Kier alpha value is -0.900. The second kappa shape index (κ2) is 5.83. The Morgan fingerprint density at radius 1 is 1.33 bits per heavy atom. The van der Waals surface area contributed by atoms with Crippen LogP contribution in [0.4, 0.5) is 0 Å². The minimum absolute atomic E-state index is 0.384. The van der Waals surface area contributed by atoms with Gasteiger partial charge in [-0.25, -0.2) is 9.67 Å². The van der Waals surface area contributed by atoms with E-state index in [0.717, 1.165) is 18.9 Å². The fraction of sp³-hybridized carbons (Fsp3) is 0.857. The highest BCUT2D eigenvalue weighted by molar-refractivity contribution is 4.87. The maximum atomic E-state index is 4.33. The molecule has 0 amide bonds. The normalized spacial score (nSPS) is 19.3. The fourth-order valence-electron chi connectivity index (χ4n) is 2.89. The molecule has 1 N–H and O–H groups in total. The Bertz CT molecular complexity index is 364. The van der Waals surface area contributed by atoms with Crippen molar-refractivity contribution >= 4 is 0 Å². The number of hydrogen-bond donors (Lipinski definition) is 1. The van der Waals surface area contributed by atoms with Gasteiger partial charge in [-0.2, -0.15) is 5.10 Å². The second-order valence-corrected chi connectivity index (χ2v) is 6.19. The van der Waals surface area contributed by atoms with E-state index < -0.39 is 0 Å². The lowest BCUT2D eigenvalue weighted by Gasteiger charge is -2.33. The van der Waals surface area contributed by atoms with Crippen molar-refractivity contribution in [2.24, 2.45) is 5.41 Å². The lowest BCUT2D eigenvalue weighted by atomic mass is 9.76. The van der Waals surface area contributed by atoms with Crippen LogP contribution in [-0.2, 0) is 6.54 Å². The van der Waals surface area contributed by atoms with E-state index >= 15 is 0 Å². The molecule has 1 heterocycles. The fourth-order valence-corrected chi connectivity index (χ4v) is 2.89. The summed E-state index contributed by atoms with van der Waals surface area (Å²) in [4.78, 5) is 4.33. The molecule has 1 aromatic heterocycles. The molecule has 4 heteroatoms. The van der Waals surface area contributed by atoms with Crippen LogP contribution in [0.5, 0.6) is 0 Å². The van der Waals surface area contributed by atoms with Gasteiger partial charge in [0.25, 0.3) is 0 Å². The number of nitrogens with one attached hydrogen (secondary N) is 1. The SMILES string of the molecule is CC(C)n1ncnc1CNCC1(C)CCCCC1. The Labute approximate surface area is 110 Å². The number of hydrogen-bond acceptors (Lipinski definition) is 3. The Kier molecular flexibility index (Phi) is 4.38. The minimum atomic E-state index is 0.384. The average Bonchev–Trinajstić information content (AvgIpc) is 2.78. The van der Waals surface area contributed by atoms with Gasteiger partial charge < -0.3 is 5.32 Å². The summed E-state index contributed by atoms with van der Waals surface area (Å²) >= 11 is 0. The molecule has 4 nitrogen and oxygen atoms in total. The second-order valence-electron chi connectivity index (χ2n) is 6.19. The summed E-state index contributed by atoms with van der Waals surface area (Å²) in [5.41, 5.74) is 0.487. The largest absolute Gasteiger partial charge is 0.309 e. The predicted octanol–water partition coefficient (Wildman–Crippen LogP) is 2.92. The topological polar surface area (TPSA) is 42.7 Å². The van der Waals surface area contributed by atoms with E-state index in [4.69, 9.17) is 0 Å². The minimum Gasteiger partial charge on any atom is -0.309 e. The van der Waals surface area contributed by atoms with E-state index in [1.54, 1.807) is 6.33 Å². The molecule has 18 heavy (non-hydrogen) atoms. The molecular weight excluding hydrogens is 224 g/mol. The zero-order valence-electron chi connectivity index (χ0n) is 11.9. The van der Waals surface area contributed by atoms with Crippen LogP contribution in [0.25, 0.3) is 0 Å². The molecule has 0 saturated heterocycles. The average molecular weight is 250 g/mol. The summed E-state index contributed by atoms with van der Waals surface area (Å²) in [6.45, 7) is 8.61. The summed E-state index contributed by atoms with van der Waals surface area (Å²) in [5, 5.41) is 7.83. The highest BCUT2D eigenvalue weighted by Gasteiger charge is 2.26. The van der Waals surface area contributed by atoms with Crippen molar-refractivity contribution in [1.82, 2.24) is 20.1 Å². The molecule has 1 aliphatic carbocycles. The van der Waals surface area contributed by atoms with E-state index in [2.05, 4.69) is 36.2 Å². The highest BCUT2D eigenvalue weighted by atomic mass is 15.4. The third kappa shape index (κ3) is 3.31. The summed E-state index contributed by atoms with van der Waals surface area (Å²) in [7, 11) is 0. The first-order valence-electron chi connectivity index (χ1n) is 7.20. The van der Waals surface area contributed by atoms with E-state index in [1.165, 1.54) is 32.1 Å². The molecule has 0 aliphatic heterocycles. The first kappa shape index (κ1) is 13.5. The molecule has 0 aromatic carbocycles. The van der Waals surface area contributed by atoms with Gasteiger partial charge in [0.1, 0.15) is 12.2 Å². The van der Waals surface area contributed by atoms with Gasteiger partial charge in [0.05, 0.1) is 6.54 Å². The third-order valence-corrected chi connectivity index (χ3v) is 4.03. The zero-order chi connectivity index (χ0) is 13.0. The van der Waals surface area contributed by atoms with Gasteiger partial charge >= 0.3 is 0 Å². The molecule has 1 aliphatic rings. The van der Waals surface area contributed by atoms with Crippen LogP contribution in [0, 0.1) is 5.41 Å². The van der Waals surface area contributed by atoms with Crippen molar-refractivity contribution in [3.63, 3.8) is 0 Å². The molecule has 0 atom stereocenters. The first-order valence-corrected chi connectivity index (χ1v) is 7.20. The molecule has 1 aromatic rings. The van der Waals surface area contributed by atoms with Crippen molar-refractivity contribution in [2.45, 2.75) is 65.5 Å². The summed E-state index contributed by atoms with van der Waals surface area (Å²) < 4.78 is 2.00. The van der Waals surface area contributed by atoms with Crippen LogP contribution in [0.15, 0.2) is 6.33 Å². The maximum Gasteiger partial charge on any atom is 0.141 e. The Morgan fingerprint density at radius 2 is 2.06 bits per heavy atom. The van der Waals surface area contributed by atoms with Crippen LogP contribution >= 0.6 is 0 Å². The lowest BCUT2D eigenvalue weighted by Crippen LogP contribution is -2.34. The van der Waals surface area contributed by atoms with E-state index in [1.807, 2.05) is 4.68 Å².